The van der Waals surface area contributed by atoms with Gasteiger partial charge in [0.25, 0.3) is 5.91 Å². The molecule has 1 saturated heterocycles. The molecule has 0 bridgehead atoms. The molecular formula is C18H23N3O6. The van der Waals surface area contributed by atoms with Gasteiger partial charge in [-0.3, -0.25) is 14.4 Å². The fourth-order valence-electron chi connectivity index (χ4n) is 2.78. The van der Waals surface area contributed by atoms with E-state index in [9.17, 15) is 19.5 Å². The monoisotopic (exact) mass is 377 g/mol. The topological polar surface area (TPSA) is 128 Å². The van der Waals surface area contributed by atoms with Crippen molar-refractivity contribution in [3.63, 3.8) is 0 Å². The third kappa shape index (κ3) is 4.98. The Morgan fingerprint density at radius 2 is 1.85 bits per heavy atom. The zero-order valence-electron chi connectivity index (χ0n) is 15.2. The second-order valence-electron chi connectivity index (χ2n) is 5.94. The number of aliphatic hydroxyl groups is 1. The first-order chi connectivity index (χ1) is 12.8. The highest BCUT2D eigenvalue weighted by molar-refractivity contribution is 6.23. The summed E-state index contributed by atoms with van der Waals surface area (Å²) >= 11 is 0. The van der Waals surface area contributed by atoms with Gasteiger partial charge in [0.2, 0.25) is 0 Å². The molecule has 9 heteroatoms. The minimum atomic E-state index is -1.25. The van der Waals surface area contributed by atoms with Gasteiger partial charge in [0, 0.05) is 37.1 Å². The van der Waals surface area contributed by atoms with E-state index in [0.717, 1.165) is 12.6 Å². The predicted octanol–water partition coefficient (Wildman–Crippen LogP) is 0.624. The molecule has 1 aromatic carbocycles. The molecule has 0 aliphatic carbocycles. The van der Waals surface area contributed by atoms with Gasteiger partial charge in [0.15, 0.2) is 5.78 Å². The predicted molar refractivity (Wildman–Crippen MR) is 99.9 cm³/mol. The van der Waals surface area contributed by atoms with Crippen LogP contribution >= 0.6 is 0 Å². The zero-order valence-corrected chi connectivity index (χ0v) is 15.2. The highest BCUT2D eigenvalue weighted by atomic mass is 16.5. The van der Waals surface area contributed by atoms with Crippen molar-refractivity contribution in [2.45, 2.75) is 6.92 Å². The molecule has 0 unspecified atom stereocenters. The number of carboxylic acid groups (broad SMARTS) is 1. The molecule has 1 amide bonds. The van der Waals surface area contributed by atoms with E-state index in [4.69, 9.17) is 9.84 Å². The smallest absolute Gasteiger partial charge is 0.322 e. The van der Waals surface area contributed by atoms with Crippen molar-refractivity contribution in [2.24, 2.45) is 0 Å². The van der Waals surface area contributed by atoms with Crippen molar-refractivity contribution in [2.75, 3.05) is 50.1 Å². The Morgan fingerprint density at radius 1 is 1.19 bits per heavy atom. The lowest BCUT2D eigenvalue weighted by molar-refractivity contribution is -0.137. The third-order valence-corrected chi connectivity index (χ3v) is 4.12. The number of carboxylic acids is 1. The van der Waals surface area contributed by atoms with E-state index in [-0.39, 0.29) is 5.56 Å². The van der Waals surface area contributed by atoms with Crippen LogP contribution in [0.4, 0.5) is 11.4 Å². The highest BCUT2D eigenvalue weighted by Gasteiger charge is 2.24. The Hall–Kier alpha value is -3.07. The minimum Gasteiger partial charge on any atom is -0.506 e. The molecule has 146 valence electrons. The van der Waals surface area contributed by atoms with Crippen LogP contribution in [0.15, 0.2) is 23.8 Å². The molecule has 1 aliphatic rings. The normalized spacial score (nSPS) is 15.0. The van der Waals surface area contributed by atoms with Crippen molar-refractivity contribution in [1.82, 2.24) is 5.32 Å². The van der Waals surface area contributed by atoms with E-state index in [1.165, 1.54) is 0 Å². The maximum Gasteiger partial charge on any atom is 0.322 e. The number of carbonyl (C=O) groups excluding carboxylic acids is 2. The van der Waals surface area contributed by atoms with E-state index < -0.39 is 35.5 Å². The van der Waals surface area contributed by atoms with E-state index in [2.05, 4.69) is 15.5 Å². The van der Waals surface area contributed by atoms with Gasteiger partial charge in [-0.15, -0.1) is 0 Å². The Bertz CT molecular complexity index is 768. The number of nitrogens with one attached hydrogen (secondary N) is 2. The summed E-state index contributed by atoms with van der Waals surface area (Å²) in [4.78, 5) is 36.9. The Balaban J connectivity index is 2.46. The molecule has 0 radical (unpaired) electrons. The first kappa shape index (κ1) is 20.2. The van der Waals surface area contributed by atoms with Crippen molar-refractivity contribution >= 4 is 34.8 Å². The van der Waals surface area contributed by atoms with Crippen LogP contribution < -0.4 is 15.5 Å². The molecule has 9 nitrogen and oxygen atoms in total. The van der Waals surface area contributed by atoms with Gasteiger partial charge in [0.05, 0.1) is 13.2 Å². The molecule has 0 spiro atoms. The highest BCUT2D eigenvalue weighted by Crippen LogP contribution is 2.30. The van der Waals surface area contributed by atoms with Gasteiger partial charge in [-0.2, -0.15) is 0 Å². The number of benzene rings is 1. The molecule has 0 atom stereocenters. The maximum absolute atomic E-state index is 12.2. The molecule has 1 heterocycles. The summed E-state index contributed by atoms with van der Waals surface area (Å²) in [6.45, 7) is 3.01. The quantitative estimate of drug-likeness (QED) is 0.236. The first-order valence-corrected chi connectivity index (χ1v) is 8.44. The second-order valence-corrected chi connectivity index (χ2v) is 5.94. The Kier molecular flexibility index (Phi) is 6.78. The van der Waals surface area contributed by atoms with Crippen LogP contribution in [0.2, 0.25) is 0 Å². The number of Topliss-reactive ketones (excluding diaryl/α,β-unsaturated/α-hetero) is 1. The molecule has 2 rings (SSSR count). The molecule has 1 aromatic rings. The van der Waals surface area contributed by atoms with Crippen LogP contribution in [0.1, 0.15) is 12.5 Å². The maximum atomic E-state index is 12.2. The van der Waals surface area contributed by atoms with Gasteiger partial charge in [-0.1, -0.05) is 0 Å². The van der Waals surface area contributed by atoms with Crippen LogP contribution in [0.3, 0.4) is 0 Å². The minimum absolute atomic E-state index is 0.275. The van der Waals surface area contributed by atoms with Crippen molar-refractivity contribution in [1.29, 1.82) is 0 Å². The van der Waals surface area contributed by atoms with Crippen LogP contribution in [0, 0.1) is 0 Å². The molecule has 0 saturated carbocycles. The van der Waals surface area contributed by atoms with E-state index >= 15 is 0 Å². The van der Waals surface area contributed by atoms with E-state index in [1.54, 1.807) is 19.2 Å². The van der Waals surface area contributed by atoms with Crippen molar-refractivity contribution in [3.05, 3.63) is 29.3 Å². The number of nitrogens with zero attached hydrogens (tertiary/aromatic N) is 1. The van der Waals surface area contributed by atoms with Crippen molar-refractivity contribution in [3.8, 4) is 0 Å². The average molecular weight is 377 g/mol. The van der Waals surface area contributed by atoms with Gasteiger partial charge >= 0.3 is 5.97 Å². The number of aliphatic hydroxyl groups excluding tert-OH is 1. The van der Waals surface area contributed by atoms with Crippen molar-refractivity contribution < 1.29 is 29.3 Å². The Labute approximate surface area is 156 Å². The van der Waals surface area contributed by atoms with E-state index in [0.29, 0.717) is 32.0 Å². The summed E-state index contributed by atoms with van der Waals surface area (Å²) in [5.74, 6) is -3.38. The third-order valence-electron chi connectivity index (χ3n) is 4.12. The number of amides is 1. The summed E-state index contributed by atoms with van der Waals surface area (Å²) in [6.07, 6.45) is 0. The molecular weight excluding hydrogens is 354 g/mol. The number of morpholine rings is 1. The van der Waals surface area contributed by atoms with Crippen LogP contribution in [-0.2, 0) is 19.1 Å². The number of ether oxygens (including phenoxy) is 1. The van der Waals surface area contributed by atoms with Gasteiger partial charge in [-0.25, -0.2) is 0 Å². The fraction of sp³-hybridized carbons (Fsp3) is 0.389. The standard InChI is InChI=1S/C18H23N3O6/c1-11(22)16(18(26)20-10-15(23)24)17(25)13-9-12(3-4-14(13)19-2)21-5-7-27-8-6-21/h3-4,9,19,25H,5-8,10H2,1-2H3,(H,20,26)(H,23,24)/b17-16-. The molecule has 0 aromatic heterocycles. The second kappa shape index (κ2) is 9.04. The summed E-state index contributed by atoms with van der Waals surface area (Å²) in [6, 6.07) is 5.29. The van der Waals surface area contributed by atoms with E-state index in [1.807, 2.05) is 6.07 Å². The number of rotatable bonds is 7. The number of hydrogen-bond acceptors (Lipinski definition) is 7. The van der Waals surface area contributed by atoms with Crippen LogP contribution in [0.5, 0.6) is 0 Å². The molecule has 27 heavy (non-hydrogen) atoms. The first-order valence-electron chi connectivity index (χ1n) is 8.44. The number of aliphatic carboxylic acids is 1. The lowest BCUT2D eigenvalue weighted by Gasteiger charge is -2.29. The fourth-order valence-corrected chi connectivity index (χ4v) is 2.78. The van der Waals surface area contributed by atoms with Gasteiger partial charge in [-0.05, 0) is 25.1 Å². The summed E-state index contributed by atoms with van der Waals surface area (Å²) in [7, 11) is 1.65. The van der Waals surface area contributed by atoms with Crippen LogP contribution in [0.25, 0.3) is 5.76 Å². The Morgan fingerprint density at radius 3 is 2.41 bits per heavy atom. The summed E-state index contributed by atoms with van der Waals surface area (Å²) < 4.78 is 5.33. The SMILES string of the molecule is CNc1ccc(N2CCOCC2)cc1/C(O)=C(\C(C)=O)C(=O)NCC(=O)O. The largest absolute Gasteiger partial charge is 0.506 e. The molecule has 1 aliphatic heterocycles. The van der Waals surface area contributed by atoms with Gasteiger partial charge in [0.1, 0.15) is 17.9 Å². The lowest BCUT2D eigenvalue weighted by atomic mass is 10.0. The number of anilines is 2. The zero-order chi connectivity index (χ0) is 20.0. The number of ketones is 1. The number of hydrogen-bond donors (Lipinski definition) is 4. The number of carbonyl (C=O) groups is 3. The molecule has 4 N–H and O–H groups in total. The lowest BCUT2D eigenvalue weighted by Crippen LogP contribution is -2.36. The van der Waals surface area contributed by atoms with Gasteiger partial charge < -0.3 is 30.5 Å². The average Bonchev–Trinajstić information content (AvgIpc) is 2.66. The van der Waals surface area contributed by atoms with Crippen LogP contribution in [-0.4, -0.2) is 67.8 Å². The molecule has 1 fully saturated rings. The summed E-state index contributed by atoms with van der Waals surface area (Å²) in [5.41, 5.74) is 1.12. The summed E-state index contributed by atoms with van der Waals surface area (Å²) in [5, 5.41) is 24.4.